The summed E-state index contributed by atoms with van der Waals surface area (Å²) >= 11 is 0. The highest BCUT2D eigenvalue weighted by Crippen LogP contribution is 2.36. The Labute approximate surface area is 213 Å². The highest BCUT2D eigenvalue weighted by Gasteiger charge is 2.20. The summed E-state index contributed by atoms with van der Waals surface area (Å²) in [6.07, 6.45) is 6.92. The zero-order valence-corrected chi connectivity index (χ0v) is 21.6. The number of ether oxygens (including phenoxy) is 2. The van der Waals surface area contributed by atoms with Gasteiger partial charge in [-0.1, -0.05) is 13.8 Å². The average molecular weight is 512 g/mol. The van der Waals surface area contributed by atoms with Gasteiger partial charge in [-0.05, 0) is 31.5 Å². The van der Waals surface area contributed by atoms with Crippen LogP contribution in [-0.2, 0) is 13.6 Å². The fourth-order valence-corrected chi connectivity index (χ4v) is 3.94. The fraction of sp³-hybridized carbons (Fsp3) is 0.385. The van der Waals surface area contributed by atoms with Gasteiger partial charge in [-0.25, -0.2) is 18.8 Å². The van der Waals surface area contributed by atoms with E-state index in [1.54, 1.807) is 29.2 Å². The highest BCUT2D eigenvalue weighted by atomic mass is 19.1. The maximum Gasteiger partial charge on any atom is 0.193 e. The second kappa shape index (κ2) is 11.5. The third kappa shape index (κ3) is 5.77. The lowest BCUT2D eigenvalue weighted by Crippen LogP contribution is -2.25. The lowest BCUT2D eigenvalue weighted by molar-refractivity contribution is 0.359. The number of pyridine rings is 1. The molecule has 0 radical (unpaired) electrons. The van der Waals surface area contributed by atoms with Crippen molar-refractivity contribution in [3.05, 3.63) is 53.9 Å². The SMILES string of the molecule is COc1cc(OC)c(F)c(/N=c2\ccc3ncc(-c4cnn(C)c4)nc3n2CCCCNC(C)C)c1F. The fourth-order valence-electron chi connectivity index (χ4n) is 3.94. The van der Waals surface area contributed by atoms with Crippen LogP contribution in [0.15, 0.2) is 41.8 Å². The van der Waals surface area contributed by atoms with Crippen LogP contribution in [0.25, 0.3) is 22.4 Å². The number of aromatic nitrogens is 5. The van der Waals surface area contributed by atoms with Crippen LogP contribution in [0.1, 0.15) is 26.7 Å². The smallest absolute Gasteiger partial charge is 0.193 e. The van der Waals surface area contributed by atoms with Crippen LogP contribution in [0.3, 0.4) is 0 Å². The van der Waals surface area contributed by atoms with Crippen LogP contribution in [0.5, 0.6) is 11.5 Å². The van der Waals surface area contributed by atoms with Crippen LogP contribution in [0.4, 0.5) is 14.5 Å². The normalized spacial score (nSPS) is 12.1. The second-order valence-electron chi connectivity index (χ2n) is 8.90. The molecule has 1 N–H and O–H groups in total. The van der Waals surface area contributed by atoms with E-state index in [0.717, 1.165) is 31.0 Å². The summed E-state index contributed by atoms with van der Waals surface area (Å²) in [6, 6.07) is 4.96. The van der Waals surface area contributed by atoms with Gasteiger partial charge in [0.2, 0.25) is 0 Å². The molecule has 0 bridgehead atoms. The van der Waals surface area contributed by atoms with E-state index in [-0.39, 0.29) is 11.5 Å². The summed E-state index contributed by atoms with van der Waals surface area (Å²) < 4.78 is 43.9. The van der Waals surface area contributed by atoms with Crippen molar-refractivity contribution in [2.24, 2.45) is 12.0 Å². The molecule has 0 fully saturated rings. The molecule has 3 heterocycles. The van der Waals surface area contributed by atoms with E-state index in [1.807, 2.05) is 17.8 Å². The molecular formula is C26H31F2N7O2. The van der Waals surface area contributed by atoms with Crippen LogP contribution in [-0.4, -0.2) is 51.1 Å². The van der Waals surface area contributed by atoms with Crippen LogP contribution in [0.2, 0.25) is 0 Å². The Morgan fingerprint density at radius 1 is 1.05 bits per heavy atom. The number of fused-ring (bicyclic) bond motifs is 1. The maximum absolute atomic E-state index is 15.1. The summed E-state index contributed by atoms with van der Waals surface area (Å²) in [6.45, 7) is 5.55. The molecule has 9 nitrogen and oxygen atoms in total. The molecule has 11 heteroatoms. The molecule has 1 aromatic carbocycles. The number of nitrogens with one attached hydrogen (secondary N) is 1. The van der Waals surface area contributed by atoms with Crippen molar-refractivity contribution >= 4 is 16.9 Å². The molecule has 0 atom stereocenters. The topological polar surface area (TPSA) is 91.4 Å². The predicted octanol–water partition coefficient (Wildman–Crippen LogP) is 4.14. The number of aryl methyl sites for hydroxylation is 2. The molecule has 0 spiro atoms. The molecule has 0 saturated carbocycles. The van der Waals surface area contributed by atoms with E-state index in [9.17, 15) is 0 Å². The molecule has 0 saturated heterocycles. The summed E-state index contributed by atoms with van der Waals surface area (Å²) in [5, 5.41) is 7.61. The summed E-state index contributed by atoms with van der Waals surface area (Å²) in [4.78, 5) is 13.8. The first-order chi connectivity index (χ1) is 17.8. The molecule has 0 amide bonds. The minimum atomic E-state index is -0.913. The molecular weight excluding hydrogens is 480 g/mol. The minimum absolute atomic E-state index is 0.164. The van der Waals surface area contributed by atoms with Crippen LogP contribution >= 0.6 is 0 Å². The van der Waals surface area contributed by atoms with Crippen molar-refractivity contribution in [3.8, 4) is 22.8 Å². The van der Waals surface area contributed by atoms with Gasteiger partial charge in [0.25, 0.3) is 0 Å². The van der Waals surface area contributed by atoms with Gasteiger partial charge in [0.05, 0.1) is 32.3 Å². The average Bonchev–Trinajstić information content (AvgIpc) is 3.33. The summed E-state index contributed by atoms with van der Waals surface area (Å²) in [5.74, 6) is -2.15. The number of benzene rings is 1. The Morgan fingerprint density at radius 3 is 2.41 bits per heavy atom. The molecule has 196 valence electrons. The van der Waals surface area contributed by atoms with Crippen molar-refractivity contribution in [1.29, 1.82) is 0 Å². The van der Waals surface area contributed by atoms with Crippen molar-refractivity contribution in [2.75, 3.05) is 20.8 Å². The number of methoxy groups -OCH3 is 2. The summed E-state index contributed by atoms with van der Waals surface area (Å²) in [5.41, 5.74) is 2.46. The van der Waals surface area contributed by atoms with Crippen molar-refractivity contribution in [1.82, 2.24) is 29.6 Å². The predicted molar refractivity (Wildman–Crippen MR) is 137 cm³/mol. The highest BCUT2D eigenvalue weighted by molar-refractivity contribution is 5.73. The van der Waals surface area contributed by atoms with E-state index in [1.165, 1.54) is 14.2 Å². The van der Waals surface area contributed by atoms with Gasteiger partial charge in [-0.15, -0.1) is 0 Å². The standard InChI is InChI=1S/C26H31F2N7O2/c1-16(2)29-10-6-7-11-35-22(33-25-23(27)20(36-4)12-21(37-5)24(25)28)9-8-18-26(35)32-19(14-30-18)17-13-31-34(3)15-17/h8-9,12-16,29H,6-7,10-11H2,1-5H3/b33-22+. The number of hydrogen-bond acceptors (Lipinski definition) is 7. The zero-order chi connectivity index (χ0) is 26.5. The van der Waals surface area contributed by atoms with Crippen LogP contribution < -0.4 is 20.3 Å². The third-order valence-corrected chi connectivity index (χ3v) is 5.84. The number of nitrogens with zero attached hydrogens (tertiary/aromatic N) is 6. The van der Waals surface area contributed by atoms with E-state index < -0.39 is 17.3 Å². The van der Waals surface area contributed by atoms with Crippen molar-refractivity contribution in [3.63, 3.8) is 0 Å². The Balaban J connectivity index is 1.87. The van der Waals surface area contributed by atoms with Crippen molar-refractivity contribution in [2.45, 2.75) is 39.3 Å². The quantitative estimate of drug-likeness (QED) is 0.322. The van der Waals surface area contributed by atoms with Gasteiger partial charge in [0.1, 0.15) is 16.7 Å². The second-order valence-corrected chi connectivity index (χ2v) is 8.90. The first-order valence-electron chi connectivity index (χ1n) is 12.1. The monoisotopic (exact) mass is 511 g/mol. The maximum atomic E-state index is 15.1. The Morgan fingerprint density at radius 2 is 1.78 bits per heavy atom. The number of rotatable bonds is 10. The van der Waals surface area contributed by atoms with E-state index >= 15 is 8.78 Å². The molecule has 0 aliphatic rings. The molecule has 0 unspecified atom stereocenters. The summed E-state index contributed by atoms with van der Waals surface area (Å²) in [7, 11) is 4.43. The van der Waals surface area contributed by atoms with E-state index in [4.69, 9.17) is 14.5 Å². The van der Waals surface area contributed by atoms with Crippen molar-refractivity contribution < 1.29 is 18.3 Å². The largest absolute Gasteiger partial charge is 0.493 e. The lowest BCUT2D eigenvalue weighted by Gasteiger charge is -2.14. The molecule has 0 aliphatic heterocycles. The van der Waals surface area contributed by atoms with Gasteiger partial charge in [0, 0.05) is 37.5 Å². The first-order valence-corrected chi connectivity index (χ1v) is 12.1. The Hall–Kier alpha value is -3.86. The molecule has 3 aromatic heterocycles. The lowest BCUT2D eigenvalue weighted by atomic mass is 10.2. The van der Waals surface area contributed by atoms with Gasteiger partial charge in [-0.2, -0.15) is 5.10 Å². The molecule has 37 heavy (non-hydrogen) atoms. The Bertz CT molecular complexity index is 1440. The van der Waals surface area contributed by atoms with Gasteiger partial charge < -0.3 is 19.4 Å². The van der Waals surface area contributed by atoms with Gasteiger partial charge >= 0.3 is 0 Å². The molecule has 0 aliphatic carbocycles. The first kappa shape index (κ1) is 26.2. The zero-order valence-electron chi connectivity index (χ0n) is 21.6. The van der Waals surface area contributed by atoms with Gasteiger partial charge in [0.15, 0.2) is 28.8 Å². The van der Waals surface area contributed by atoms with E-state index in [0.29, 0.717) is 34.9 Å². The number of hydrogen-bond donors (Lipinski definition) is 1. The minimum Gasteiger partial charge on any atom is -0.493 e. The Kier molecular flexibility index (Phi) is 8.12. The van der Waals surface area contributed by atoms with Crippen LogP contribution in [0, 0.1) is 11.6 Å². The number of halogens is 2. The molecule has 4 aromatic rings. The third-order valence-electron chi connectivity index (χ3n) is 5.84. The van der Waals surface area contributed by atoms with E-state index in [2.05, 4.69) is 34.2 Å². The van der Waals surface area contributed by atoms with Gasteiger partial charge in [-0.3, -0.25) is 9.67 Å². The number of unbranched alkanes of at least 4 members (excludes halogenated alkanes) is 1. The molecule has 4 rings (SSSR count).